The molecule has 1 fully saturated rings. The lowest BCUT2D eigenvalue weighted by Crippen LogP contribution is -2.41. The third kappa shape index (κ3) is 3.67. The Kier molecular flexibility index (Phi) is 4.99. The summed E-state index contributed by atoms with van der Waals surface area (Å²) in [7, 11) is 1.45. The Bertz CT molecular complexity index is 733. The zero-order valence-electron chi connectivity index (χ0n) is 13.3. The molecule has 1 saturated carbocycles. The molecule has 0 atom stereocenters. The molecule has 1 aliphatic rings. The van der Waals surface area contributed by atoms with E-state index in [2.05, 4.69) is 10.2 Å². The summed E-state index contributed by atoms with van der Waals surface area (Å²) in [5.41, 5.74) is 0.740. The lowest BCUT2D eigenvalue weighted by Gasteiger charge is -2.32. The number of aromatic amines is 1. The number of hydrogen-bond acceptors (Lipinski definition) is 3. The van der Waals surface area contributed by atoms with Crippen molar-refractivity contribution in [2.45, 2.75) is 25.8 Å². The predicted molar refractivity (Wildman–Crippen MR) is 84.8 cm³/mol. The van der Waals surface area contributed by atoms with Gasteiger partial charge in [0.25, 0.3) is 12.1 Å². The van der Waals surface area contributed by atoms with Gasteiger partial charge in [0.05, 0.1) is 0 Å². The van der Waals surface area contributed by atoms with Crippen LogP contribution in [-0.2, 0) is 6.54 Å². The Morgan fingerprint density at radius 2 is 2.38 bits per heavy atom. The van der Waals surface area contributed by atoms with Gasteiger partial charge < -0.3 is 4.90 Å². The van der Waals surface area contributed by atoms with E-state index in [0.717, 1.165) is 12.8 Å². The van der Waals surface area contributed by atoms with Crippen LogP contribution in [0.3, 0.4) is 0 Å². The average molecular weight is 354 g/mol. The molecule has 1 aliphatic carbocycles. The summed E-state index contributed by atoms with van der Waals surface area (Å²) in [6, 6.07) is 3.09. The van der Waals surface area contributed by atoms with Gasteiger partial charge in [-0.1, -0.05) is 18.0 Å². The Morgan fingerprint density at radius 3 is 2.92 bits per heavy atom. The van der Waals surface area contributed by atoms with Crippen LogP contribution < -0.4 is 9.57 Å². The van der Waals surface area contributed by atoms with Crippen LogP contribution in [0.5, 0.6) is 0 Å². The summed E-state index contributed by atoms with van der Waals surface area (Å²) in [5.74, 6) is -0.194. The fourth-order valence-corrected chi connectivity index (χ4v) is 2.86. The molecule has 0 aromatic carbocycles. The van der Waals surface area contributed by atoms with Gasteiger partial charge in [0.1, 0.15) is 12.8 Å². The largest absolute Gasteiger partial charge is 0.333 e. The SMILES string of the molecule is CO[n+]1ccc(CN(CC2CCC2)C(=O)c2cc(Cl)n[nH]2)c(F)c1. The molecular weight excluding hydrogens is 335 g/mol. The normalized spacial score (nSPS) is 14.3. The third-order valence-electron chi connectivity index (χ3n) is 4.31. The minimum absolute atomic E-state index is 0.183. The predicted octanol–water partition coefficient (Wildman–Crippen LogP) is 1.99. The van der Waals surface area contributed by atoms with E-state index in [1.165, 1.54) is 30.5 Å². The van der Waals surface area contributed by atoms with Crippen molar-refractivity contribution in [1.82, 2.24) is 15.1 Å². The van der Waals surface area contributed by atoms with Crippen molar-refractivity contribution in [1.29, 1.82) is 0 Å². The molecule has 128 valence electrons. The number of rotatable bonds is 6. The van der Waals surface area contributed by atoms with Gasteiger partial charge in [-0.15, -0.1) is 0 Å². The first-order chi connectivity index (χ1) is 11.6. The van der Waals surface area contributed by atoms with Crippen molar-refractivity contribution in [3.05, 3.63) is 46.8 Å². The summed E-state index contributed by atoms with van der Waals surface area (Å²) in [6.45, 7) is 0.774. The van der Waals surface area contributed by atoms with E-state index in [0.29, 0.717) is 23.7 Å². The number of carbonyl (C=O) groups excluding carboxylic acids is 1. The van der Waals surface area contributed by atoms with Crippen molar-refractivity contribution in [2.75, 3.05) is 13.7 Å². The van der Waals surface area contributed by atoms with Gasteiger partial charge in [-0.2, -0.15) is 9.49 Å². The maximum atomic E-state index is 14.2. The topological polar surface area (TPSA) is 62.1 Å². The van der Waals surface area contributed by atoms with E-state index in [1.807, 2.05) is 0 Å². The fraction of sp³-hybridized carbons (Fsp3) is 0.438. The summed E-state index contributed by atoms with van der Waals surface area (Å²) < 4.78 is 15.5. The first kappa shape index (κ1) is 16.7. The fourth-order valence-electron chi connectivity index (χ4n) is 2.71. The molecule has 24 heavy (non-hydrogen) atoms. The van der Waals surface area contributed by atoms with Crippen LogP contribution in [-0.4, -0.2) is 34.7 Å². The lowest BCUT2D eigenvalue weighted by molar-refractivity contribution is -0.886. The van der Waals surface area contributed by atoms with Crippen molar-refractivity contribution in [2.24, 2.45) is 5.92 Å². The molecule has 0 spiro atoms. The number of pyridine rings is 1. The molecule has 2 aromatic rings. The van der Waals surface area contributed by atoms with E-state index in [4.69, 9.17) is 16.4 Å². The molecule has 0 radical (unpaired) electrons. The summed E-state index contributed by atoms with van der Waals surface area (Å²) in [6.07, 6.45) is 6.21. The van der Waals surface area contributed by atoms with Gasteiger partial charge in [0.15, 0.2) is 11.0 Å². The van der Waals surface area contributed by atoms with Gasteiger partial charge in [0.2, 0.25) is 6.20 Å². The highest BCUT2D eigenvalue weighted by Gasteiger charge is 2.26. The smallest absolute Gasteiger partial charge is 0.272 e. The molecule has 0 aliphatic heterocycles. The van der Waals surface area contributed by atoms with Crippen LogP contribution in [0.2, 0.25) is 5.15 Å². The van der Waals surface area contributed by atoms with Crippen molar-refractivity contribution in [3.63, 3.8) is 0 Å². The molecule has 1 amide bonds. The number of aromatic nitrogens is 3. The number of carbonyl (C=O) groups is 1. The molecule has 1 N–H and O–H groups in total. The molecule has 2 heterocycles. The summed E-state index contributed by atoms with van der Waals surface area (Å²) in [5, 5.41) is 6.63. The molecule has 3 rings (SSSR count). The molecule has 0 saturated heterocycles. The van der Waals surface area contributed by atoms with Crippen molar-refractivity contribution < 1.29 is 18.8 Å². The van der Waals surface area contributed by atoms with Gasteiger partial charge in [-0.3, -0.25) is 14.7 Å². The molecular formula is C16H19ClFN4O2+. The Morgan fingerprint density at radius 1 is 1.58 bits per heavy atom. The number of H-pyrrole nitrogens is 1. The molecule has 6 nitrogen and oxygen atoms in total. The average Bonchev–Trinajstić information content (AvgIpc) is 2.96. The third-order valence-corrected chi connectivity index (χ3v) is 4.50. The van der Waals surface area contributed by atoms with Gasteiger partial charge in [-0.05, 0) is 18.8 Å². The van der Waals surface area contributed by atoms with Crippen molar-refractivity contribution in [3.8, 4) is 0 Å². The molecule has 0 bridgehead atoms. The Balaban J connectivity index is 1.80. The number of nitrogens with one attached hydrogen (secondary N) is 1. The highest BCUT2D eigenvalue weighted by molar-refractivity contribution is 6.29. The van der Waals surface area contributed by atoms with E-state index in [1.54, 1.807) is 17.2 Å². The number of nitrogens with zero attached hydrogens (tertiary/aromatic N) is 3. The quantitative estimate of drug-likeness (QED) is 0.808. The summed E-state index contributed by atoms with van der Waals surface area (Å²) >= 11 is 5.78. The second-order valence-electron chi connectivity index (χ2n) is 5.95. The Hall–Kier alpha value is -2.15. The van der Waals surface area contributed by atoms with E-state index in [9.17, 15) is 9.18 Å². The molecule has 8 heteroatoms. The maximum Gasteiger partial charge on any atom is 0.272 e. The number of halogens is 2. The van der Waals surface area contributed by atoms with Crippen LogP contribution >= 0.6 is 11.6 Å². The minimum atomic E-state index is -0.423. The second kappa shape index (κ2) is 7.17. The zero-order chi connectivity index (χ0) is 17.1. The monoisotopic (exact) mass is 353 g/mol. The van der Waals surface area contributed by atoms with Crippen LogP contribution in [0, 0.1) is 11.7 Å². The standard InChI is InChI=1S/C16H18ClFN4O2/c1-24-22-6-5-12(13(18)10-22)9-21(8-11-3-2-4-11)16(23)14-7-15(17)20-19-14/h5-7,10-11H,2-4,8-9H2,1H3/p+1. The zero-order valence-corrected chi connectivity index (χ0v) is 14.1. The van der Waals surface area contributed by atoms with E-state index < -0.39 is 5.82 Å². The van der Waals surface area contributed by atoms with E-state index >= 15 is 0 Å². The lowest BCUT2D eigenvalue weighted by atomic mass is 9.85. The number of amides is 1. The van der Waals surface area contributed by atoms with Crippen LogP contribution in [0.25, 0.3) is 0 Å². The second-order valence-corrected chi connectivity index (χ2v) is 6.33. The van der Waals surface area contributed by atoms with Gasteiger partial charge in [-0.25, -0.2) is 0 Å². The van der Waals surface area contributed by atoms with Crippen LogP contribution in [0.1, 0.15) is 35.3 Å². The minimum Gasteiger partial charge on any atom is -0.333 e. The maximum absolute atomic E-state index is 14.2. The van der Waals surface area contributed by atoms with Gasteiger partial charge in [0, 0.05) is 35.5 Å². The van der Waals surface area contributed by atoms with Crippen molar-refractivity contribution >= 4 is 17.5 Å². The first-order valence-corrected chi connectivity index (χ1v) is 8.19. The molecule has 0 unspecified atom stereocenters. The van der Waals surface area contributed by atoms with Crippen LogP contribution in [0.4, 0.5) is 4.39 Å². The first-order valence-electron chi connectivity index (χ1n) is 7.81. The number of hydrogen-bond donors (Lipinski definition) is 1. The van der Waals surface area contributed by atoms with E-state index in [-0.39, 0.29) is 17.6 Å². The Labute approximate surface area is 144 Å². The highest BCUT2D eigenvalue weighted by Crippen LogP contribution is 2.28. The van der Waals surface area contributed by atoms with Gasteiger partial charge >= 0.3 is 0 Å². The van der Waals surface area contributed by atoms with Crippen LogP contribution in [0.15, 0.2) is 24.5 Å². The molecule has 2 aromatic heterocycles. The highest BCUT2D eigenvalue weighted by atomic mass is 35.5. The summed E-state index contributed by atoms with van der Waals surface area (Å²) in [4.78, 5) is 19.3.